The molecule has 0 fully saturated rings. The van der Waals surface area contributed by atoms with E-state index in [0.29, 0.717) is 19.7 Å². The van der Waals surface area contributed by atoms with Crippen LogP contribution in [0.5, 0.6) is 0 Å². The summed E-state index contributed by atoms with van der Waals surface area (Å²) < 4.78 is 4.87. The molecule has 1 unspecified atom stereocenters. The van der Waals surface area contributed by atoms with E-state index < -0.39 is 12.0 Å². The van der Waals surface area contributed by atoms with Crippen LogP contribution in [0.25, 0.3) is 0 Å². The van der Waals surface area contributed by atoms with Gasteiger partial charge in [-0.25, -0.2) is 0 Å². The first-order valence-corrected chi connectivity index (χ1v) is 5.86. The number of hydrogen-bond donors (Lipinski definition) is 2. The second-order valence-corrected chi connectivity index (χ2v) is 3.93. The van der Waals surface area contributed by atoms with Crippen molar-refractivity contribution in [2.75, 3.05) is 33.4 Å². The lowest BCUT2D eigenvalue weighted by atomic mass is 10.2. The van der Waals surface area contributed by atoms with Crippen LogP contribution in [0.2, 0.25) is 0 Å². The van der Waals surface area contributed by atoms with Gasteiger partial charge in [0.15, 0.2) is 0 Å². The molecule has 0 aromatic carbocycles. The summed E-state index contributed by atoms with van der Waals surface area (Å²) in [6.45, 7) is 6.51. The zero-order valence-corrected chi connectivity index (χ0v) is 11.0. The van der Waals surface area contributed by atoms with Crippen LogP contribution in [0.1, 0.15) is 13.3 Å². The van der Waals surface area contributed by atoms with Gasteiger partial charge in [0.2, 0.25) is 5.91 Å². The van der Waals surface area contributed by atoms with Crippen molar-refractivity contribution >= 4 is 11.9 Å². The molecule has 0 radical (unpaired) electrons. The number of ether oxygens (including phenoxy) is 1. The van der Waals surface area contributed by atoms with Crippen LogP contribution in [0, 0.1) is 0 Å². The molecule has 6 heteroatoms. The van der Waals surface area contributed by atoms with Crippen LogP contribution in [-0.4, -0.2) is 61.3 Å². The molecule has 0 rings (SSSR count). The molecule has 0 aliphatic carbocycles. The van der Waals surface area contributed by atoms with E-state index in [1.54, 1.807) is 25.0 Å². The van der Waals surface area contributed by atoms with E-state index in [4.69, 9.17) is 9.84 Å². The highest BCUT2D eigenvalue weighted by atomic mass is 16.5. The first-order chi connectivity index (χ1) is 8.52. The minimum absolute atomic E-state index is 0.182. The minimum atomic E-state index is -0.962. The van der Waals surface area contributed by atoms with Crippen molar-refractivity contribution in [3.8, 4) is 0 Å². The first kappa shape index (κ1) is 16.6. The first-order valence-electron chi connectivity index (χ1n) is 5.86. The molecule has 0 aliphatic rings. The van der Waals surface area contributed by atoms with Gasteiger partial charge < -0.3 is 15.2 Å². The molecule has 18 heavy (non-hydrogen) atoms. The Morgan fingerprint density at radius 1 is 1.56 bits per heavy atom. The van der Waals surface area contributed by atoms with E-state index in [1.807, 2.05) is 0 Å². The molecule has 1 atom stereocenters. The van der Waals surface area contributed by atoms with E-state index in [-0.39, 0.29) is 12.5 Å². The molecular formula is C12H22N2O4. The van der Waals surface area contributed by atoms with E-state index in [2.05, 4.69) is 11.9 Å². The molecule has 0 heterocycles. The van der Waals surface area contributed by atoms with Gasteiger partial charge in [-0.05, 0) is 13.3 Å². The average molecular weight is 258 g/mol. The summed E-state index contributed by atoms with van der Waals surface area (Å²) in [6.07, 6.45) is 2.31. The highest BCUT2D eigenvalue weighted by Gasteiger charge is 2.21. The van der Waals surface area contributed by atoms with Crippen LogP contribution in [0.4, 0.5) is 0 Å². The highest BCUT2D eigenvalue weighted by Crippen LogP contribution is 1.99. The number of nitrogens with one attached hydrogen (secondary N) is 1. The van der Waals surface area contributed by atoms with Crippen molar-refractivity contribution < 1.29 is 19.4 Å². The van der Waals surface area contributed by atoms with Crippen molar-refractivity contribution in [2.45, 2.75) is 19.4 Å². The van der Waals surface area contributed by atoms with Gasteiger partial charge in [0, 0.05) is 26.8 Å². The van der Waals surface area contributed by atoms with Gasteiger partial charge in [0.05, 0.1) is 12.6 Å². The summed E-state index contributed by atoms with van der Waals surface area (Å²) >= 11 is 0. The van der Waals surface area contributed by atoms with Crippen LogP contribution < -0.4 is 5.32 Å². The fraction of sp³-hybridized carbons (Fsp3) is 0.667. The van der Waals surface area contributed by atoms with Gasteiger partial charge in [-0.1, -0.05) is 6.08 Å². The third kappa shape index (κ3) is 7.03. The van der Waals surface area contributed by atoms with Gasteiger partial charge in [0.25, 0.3) is 0 Å². The largest absolute Gasteiger partial charge is 0.480 e. The maximum Gasteiger partial charge on any atom is 0.317 e. The molecule has 0 saturated heterocycles. The third-order valence-corrected chi connectivity index (χ3v) is 2.45. The summed E-state index contributed by atoms with van der Waals surface area (Å²) in [7, 11) is 1.60. The van der Waals surface area contributed by atoms with E-state index in [0.717, 1.165) is 6.42 Å². The Hall–Kier alpha value is -1.40. The van der Waals surface area contributed by atoms with Gasteiger partial charge in [0.1, 0.15) is 0 Å². The van der Waals surface area contributed by atoms with Crippen molar-refractivity contribution in [2.24, 2.45) is 0 Å². The lowest BCUT2D eigenvalue weighted by Crippen LogP contribution is -2.47. The summed E-state index contributed by atoms with van der Waals surface area (Å²) in [5.74, 6) is -1.15. The quantitative estimate of drug-likeness (QED) is 0.429. The Bertz CT molecular complexity index is 281. The number of carboxylic acid groups (broad SMARTS) is 1. The fourth-order valence-corrected chi connectivity index (χ4v) is 1.44. The Morgan fingerprint density at radius 2 is 2.22 bits per heavy atom. The van der Waals surface area contributed by atoms with E-state index in [1.165, 1.54) is 0 Å². The number of aliphatic carboxylic acids is 1. The molecule has 0 aromatic rings. The summed E-state index contributed by atoms with van der Waals surface area (Å²) in [5, 5.41) is 11.5. The summed E-state index contributed by atoms with van der Waals surface area (Å²) in [4.78, 5) is 24.0. The fourth-order valence-electron chi connectivity index (χ4n) is 1.44. The standard InChI is InChI=1S/C12H22N2O4/c1-4-7-14(9-11(15)16)10(2)12(17)13-6-5-8-18-3/h4,10H,1,5-9H2,2-3H3,(H,13,17)(H,15,16). The molecular weight excluding hydrogens is 236 g/mol. The minimum Gasteiger partial charge on any atom is -0.480 e. The number of nitrogens with zero attached hydrogens (tertiary/aromatic N) is 1. The maximum absolute atomic E-state index is 11.8. The van der Waals surface area contributed by atoms with Gasteiger partial charge in [-0.2, -0.15) is 0 Å². The number of carboxylic acids is 1. The van der Waals surface area contributed by atoms with Crippen molar-refractivity contribution in [1.29, 1.82) is 0 Å². The summed E-state index contributed by atoms with van der Waals surface area (Å²) in [5.41, 5.74) is 0. The lowest BCUT2D eigenvalue weighted by Gasteiger charge is -2.25. The number of carbonyl (C=O) groups is 2. The molecule has 1 amide bonds. The second kappa shape index (κ2) is 9.61. The second-order valence-electron chi connectivity index (χ2n) is 3.93. The molecule has 0 aromatic heterocycles. The zero-order chi connectivity index (χ0) is 14.0. The van der Waals surface area contributed by atoms with Crippen LogP contribution in [0.15, 0.2) is 12.7 Å². The predicted octanol–water partition coefficient (Wildman–Crippen LogP) is 0.100. The molecule has 0 spiro atoms. The number of methoxy groups -OCH3 is 1. The lowest BCUT2D eigenvalue weighted by molar-refractivity contribution is -0.139. The molecule has 6 nitrogen and oxygen atoms in total. The predicted molar refractivity (Wildman–Crippen MR) is 68.4 cm³/mol. The number of rotatable bonds is 10. The molecule has 0 aliphatic heterocycles. The number of carbonyl (C=O) groups excluding carboxylic acids is 1. The molecule has 104 valence electrons. The Labute approximate surface area is 108 Å². The van der Waals surface area contributed by atoms with Crippen LogP contribution in [0.3, 0.4) is 0 Å². The SMILES string of the molecule is C=CCN(CC(=O)O)C(C)C(=O)NCCCOC. The van der Waals surface area contributed by atoms with Crippen molar-refractivity contribution in [3.63, 3.8) is 0 Å². The average Bonchev–Trinajstić information content (AvgIpc) is 2.32. The van der Waals surface area contributed by atoms with Gasteiger partial charge in [-0.15, -0.1) is 6.58 Å². The van der Waals surface area contributed by atoms with Crippen molar-refractivity contribution in [1.82, 2.24) is 10.2 Å². The Balaban J connectivity index is 4.19. The molecule has 0 bridgehead atoms. The normalized spacial score (nSPS) is 12.2. The van der Waals surface area contributed by atoms with E-state index >= 15 is 0 Å². The van der Waals surface area contributed by atoms with E-state index in [9.17, 15) is 9.59 Å². The smallest absolute Gasteiger partial charge is 0.317 e. The van der Waals surface area contributed by atoms with Gasteiger partial charge in [-0.3, -0.25) is 14.5 Å². The number of amides is 1. The van der Waals surface area contributed by atoms with Gasteiger partial charge >= 0.3 is 5.97 Å². The van der Waals surface area contributed by atoms with Crippen LogP contribution >= 0.6 is 0 Å². The summed E-state index contributed by atoms with van der Waals surface area (Å²) in [6, 6.07) is -0.498. The monoisotopic (exact) mass is 258 g/mol. The Kier molecular flexibility index (Phi) is 8.86. The third-order valence-electron chi connectivity index (χ3n) is 2.45. The number of hydrogen-bond acceptors (Lipinski definition) is 4. The molecule has 2 N–H and O–H groups in total. The van der Waals surface area contributed by atoms with Crippen LogP contribution in [-0.2, 0) is 14.3 Å². The molecule has 0 saturated carbocycles. The topological polar surface area (TPSA) is 78.9 Å². The Morgan fingerprint density at radius 3 is 2.72 bits per heavy atom. The maximum atomic E-state index is 11.8. The zero-order valence-electron chi connectivity index (χ0n) is 11.0. The van der Waals surface area contributed by atoms with Crippen molar-refractivity contribution in [3.05, 3.63) is 12.7 Å². The highest BCUT2D eigenvalue weighted by molar-refractivity contribution is 5.82.